The zero-order valence-corrected chi connectivity index (χ0v) is 6.86. The lowest BCUT2D eigenvalue weighted by atomic mass is 10.1. The monoisotopic (exact) mass is 164 g/mol. The molecule has 1 heterocycles. The first kappa shape index (κ1) is 6.92. The number of carbonyl (C=O) groups excluding carboxylic acids is 1. The molecule has 0 bridgehead atoms. The Morgan fingerprint density at radius 1 is 1.18 bits per heavy atom. The van der Waals surface area contributed by atoms with Crippen molar-refractivity contribution in [1.82, 2.24) is 0 Å². The highest BCUT2D eigenvalue weighted by Crippen LogP contribution is 2.30. The number of carbonyl (C=O) groups is 1. The average Bonchev–Trinajstić information content (AvgIpc) is 2.04. The minimum Gasteiger partial charge on any atom is -0.287 e. The van der Waals surface area contributed by atoms with Crippen molar-refractivity contribution in [2.75, 3.05) is 0 Å². The van der Waals surface area contributed by atoms with Crippen LogP contribution >= 0.6 is 11.8 Å². The minimum atomic E-state index is 0.295. The summed E-state index contributed by atoms with van der Waals surface area (Å²) in [6.45, 7) is 0. The van der Waals surface area contributed by atoms with Gasteiger partial charge in [0.05, 0.1) is 0 Å². The van der Waals surface area contributed by atoms with Crippen LogP contribution < -0.4 is 0 Å². The molecule has 0 saturated carbocycles. The Labute approximate surface area is 69.8 Å². The van der Waals surface area contributed by atoms with Crippen molar-refractivity contribution in [3.8, 4) is 0 Å². The Morgan fingerprint density at radius 3 is 2.91 bits per heavy atom. The van der Waals surface area contributed by atoms with Gasteiger partial charge in [-0.15, -0.1) is 0 Å². The van der Waals surface area contributed by atoms with Gasteiger partial charge in [-0.1, -0.05) is 30.0 Å². The zero-order valence-electron chi connectivity index (χ0n) is 6.04. The maximum atomic E-state index is 11.0. The fourth-order valence-electron chi connectivity index (χ4n) is 1.22. The van der Waals surface area contributed by atoms with E-state index in [-0.39, 0.29) is 0 Å². The number of fused-ring (bicyclic) bond motifs is 1. The Bertz CT molecular complexity index is 293. The van der Waals surface area contributed by atoms with Crippen molar-refractivity contribution < 1.29 is 4.79 Å². The van der Waals surface area contributed by atoms with Crippen molar-refractivity contribution in [2.45, 2.75) is 17.7 Å². The van der Waals surface area contributed by atoms with E-state index >= 15 is 0 Å². The molecule has 0 amide bonds. The first-order valence-electron chi connectivity index (χ1n) is 3.65. The molecule has 2 rings (SSSR count). The molecule has 1 aromatic rings. The van der Waals surface area contributed by atoms with E-state index in [1.807, 2.05) is 18.2 Å². The Morgan fingerprint density at radius 2 is 2.00 bits per heavy atom. The van der Waals surface area contributed by atoms with Gasteiger partial charge in [-0.3, -0.25) is 4.79 Å². The Hall–Kier alpha value is -0.760. The van der Waals surface area contributed by atoms with Crippen LogP contribution in [0.1, 0.15) is 12.0 Å². The normalized spacial score (nSPS) is 16.2. The molecule has 0 atom stereocenters. The number of rotatable bonds is 0. The predicted molar refractivity (Wildman–Crippen MR) is 45.6 cm³/mol. The van der Waals surface area contributed by atoms with E-state index in [1.54, 1.807) is 0 Å². The molecule has 1 aromatic carbocycles. The van der Waals surface area contributed by atoms with Crippen LogP contribution in [0.25, 0.3) is 0 Å². The number of hydrogen-bond acceptors (Lipinski definition) is 2. The molecule has 0 spiro atoms. The van der Waals surface area contributed by atoms with Gasteiger partial charge in [0, 0.05) is 11.3 Å². The Balaban J connectivity index is 2.41. The van der Waals surface area contributed by atoms with Crippen molar-refractivity contribution in [3.05, 3.63) is 29.8 Å². The summed E-state index contributed by atoms with van der Waals surface area (Å²) >= 11 is 1.37. The molecule has 11 heavy (non-hydrogen) atoms. The van der Waals surface area contributed by atoms with Crippen LogP contribution in [0.5, 0.6) is 0 Å². The molecular formula is C9H8OS. The van der Waals surface area contributed by atoms with Gasteiger partial charge in [0.1, 0.15) is 0 Å². The quantitative estimate of drug-likeness (QED) is 0.585. The average molecular weight is 164 g/mol. The van der Waals surface area contributed by atoms with Crippen LogP contribution in [0.4, 0.5) is 0 Å². The third-order valence-electron chi connectivity index (χ3n) is 1.79. The molecular weight excluding hydrogens is 156 g/mol. The highest BCUT2D eigenvalue weighted by molar-refractivity contribution is 8.13. The van der Waals surface area contributed by atoms with Gasteiger partial charge in [0.15, 0.2) is 5.12 Å². The van der Waals surface area contributed by atoms with Gasteiger partial charge in [0.2, 0.25) is 0 Å². The van der Waals surface area contributed by atoms with Gasteiger partial charge in [-0.05, 0) is 18.1 Å². The van der Waals surface area contributed by atoms with Gasteiger partial charge in [-0.25, -0.2) is 0 Å². The first-order chi connectivity index (χ1) is 5.36. The molecule has 1 aliphatic rings. The second-order valence-corrected chi connectivity index (χ2v) is 3.68. The van der Waals surface area contributed by atoms with E-state index in [0.717, 1.165) is 11.3 Å². The van der Waals surface area contributed by atoms with Crippen molar-refractivity contribution >= 4 is 16.9 Å². The highest BCUT2D eigenvalue weighted by atomic mass is 32.2. The fraction of sp³-hybridized carbons (Fsp3) is 0.222. The smallest absolute Gasteiger partial charge is 0.194 e. The van der Waals surface area contributed by atoms with Crippen LogP contribution in [0.2, 0.25) is 0 Å². The maximum Gasteiger partial charge on any atom is 0.194 e. The van der Waals surface area contributed by atoms with E-state index in [9.17, 15) is 4.79 Å². The van der Waals surface area contributed by atoms with E-state index in [2.05, 4.69) is 6.07 Å². The first-order valence-corrected chi connectivity index (χ1v) is 4.46. The number of hydrogen-bond donors (Lipinski definition) is 0. The van der Waals surface area contributed by atoms with Crippen LogP contribution in [-0.2, 0) is 11.2 Å². The van der Waals surface area contributed by atoms with Gasteiger partial charge >= 0.3 is 0 Å². The van der Waals surface area contributed by atoms with Crippen molar-refractivity contribution in [2.24, 2.45) is 0 Å². The molecule has 1 aliphatic heterocycles. The number of aryl methyl sites for hydroxylation is 1. The topological polar surface area (TPSA) is 17.1 Å². The van der Waals surface area contributed by atoms with Gasteiger partial charge in [-0.2, -0.15) is 0 Å². The third-order valence-corrected chi connectivity index (χ3v) is 2.84. The maximum absolute atomic E-state index is 11.0. The molecule has 56 valence electrons. The molecule has 0 N–H and O–H groups in total. The summed E-state index contributed by atoms with van der Waals surface area (Å²) in [7, 11) is 0. The SMILES string of the molecule is O=C1CCc2ccccc2S1. The van der Waals surface area contributed by atoms with Crippen molar-refractivity contribution in [3.63, 3.8) is 0 Å². The number of thioether (sulfide) groups is 1. The lowest BCUT2D eigenvalue weighted by Gasteiger charge is -2.12. The fourth-order valence-corrected chi connectivity index (χ4v) is 2.12. The zero-order chi connectivity index (χ0) is 7.68. The van der Waals surface area contributed by atoms with Gasteiger partial charge in [0.25, 0.3) is 0 Å². The summed E-state index contributed by atoms with van der Waals surface area (Å²) in [5.41, 5.74) is 1.32. The molecule has 0 aromatic heterocycles. The van der Waals surface area contributed by atoms with Crippen molar-refractivity contribution in [1.29, 1.82) is 0 Å². The molecule has 2 heteroatoms. The van der Waals surface area contributed by atoms with Gasteiger partial charge < -0.3 is 0 Å². The predicted octanol–water partition coefficient (Wildman–Crippen LogP) is 2.25. The number of benzene rings is 1. The summed E-state index contributed by atoms with van der Waals surface area (Å²) in [5.74, 6) is 0. The molecule has 1 nitrogen and oxygen atoms in total. The van der Waals surface area contributed by atoms with Crippen LogP contribution in [0, 0.1) is 0 Å². The molecule has 0 fully saturated rings. The summed E-state index contributed by atoms with van der Waals surface area (Å²) < 4.78 is 0. The lowest BCUT2D eigenvalue weighted by Crippen LogP contribution is -2.02. The van der Waals surface area contributed by atoms with Crippen LogP contribution in [0.3, 0.4) is 0 Å². The van der Waals surface area contributed by atoms with E-state index in [0.29, 0.717) is 11.5 Å². The Kier molecular flexibility index (Phi) is 1.70. The minimum absolute atomic E-state index is 0.295. The van der Waals surface area contributed by atoms with E-state index < -0.39 is 0 Å². The largest absolute Gasteiger partial charge is 0.287 e. The lowest BCUT2D eigenvalue weighted by molar-refractivity contribution is -0.111. The molecule has 0 saturated heterocycles. The highest BCUT2D eigenvalue weighted by Gasteiger charge is 2.14. The second-order valence-electron chi connectivity index (χ2n) is 2.58. The third kappa shape index (κ3) is 1.31. The van der Waals surface area contributed by atoms with Crippen LogP contribution in [-0.4, -0.2) is 5.12 Å². The summed E-state index contributed by atoms with van der Waals surface area (Å²) in [6.07, 6.45) is 1.61. The van der Waals surface area contributed by atoms with E-state index in [4.69, 9.17) is 0 Å². The summed E-state index contributed by atoms with van der Waals surface area (Å²) in [4.78, 5) is 12.1. The van der Waals surface area contributed by atoms with E-state index in [1.165, 1.54) is 17.3 Å². The standard InChI is InChI=1S/C9H8OS/c10-9-6-5-7-3-1-2-4-8(7)11-9/h1-4H,5-6H2. The summed E-state index contributed by atoms with van der Waals surface area (Å²) in [6, 6.07) is 8.10. The summed E-state index contributed by atoms with van der Waals surface area (Å²) in [5, 5.41) is 0.295. The molecule has 0 radical (unpaired) electrons. The van der Waals surface area contributed by atoms with Crippen LogP contribution in [0.15, 0.2) is 29.2 Å². The second kappa shape index (κ2) is 2.70. The molecule has 0 aliphatic carbocycles. The molecule has 0 unspecified atom stereocenters.